The molecule has 25 heavy (non-hydrogen) atoms. The Morgan fingerprint density at radius 1 is 1.00 bits per heavy atom. The first kappa shape index (κ1) is 17.7. The normalized spacial score (nSPS) is 13.5. The first-order valence-corrected chi connectivity index (χ1v) is 10.6. The van der Waals surface area contributed by atoms with Crippen molar-refractivity contribution in [1.29, 1.82) is 0 Å². The van der Waals surface area contributed by atoms with E-state index >= 15 is 0 Å². The van der Waals surface area contributed by atoms with Gasteiger partial charge in [-0.25, -0.2) is 8.42 Å². The van der Waals surface area contributed by atoms with Crippen LogP contribution in [-0.2, 0) is 16.3 Å². The first-order valence-electron chi connectivity index (χ1n) is 8.66. The molecule has 4 heteroatoms. The number of H-pyrrole nitrogens is 1. The van der Waals surface area contributed by atoms with Gasteiger partial charge in [0, 0.05) is 17.5 Å². The van der Waals surface area contributed by atoms with Crippen LogP contribution < -0.4 is 0 Å². The smallest absolute Gasteiger partial charge is 0.175 e. The summed E-state index contributed by atoms with van der Waals surface area (Å²) in [5.74, 6) is 0.792. The summed E-state index contributed by atoms with van der Waals surface area (Å²) in [6.45, 7) is 6.59. The average molecular weight is 356 g/mol. The van der Waals surface area contributed by atoms with E-state index in [1.54, 1.807) is 12.1 Å². The molecule has 3 aromatic rings. The average Bonchev–Trinajstić information content (AvgIpc) is 2.96. The van der Waals surface area contributed by atoms with Gasteiger partial charge in [0.2, 0.25) is 0 Å². The molecule has 0 fully saturated rings. The van der Waals surface area contributed by atoms with E-state index in [9.17, 15) is 8.42 Å². The molecule has 0 bridgehead atoms. The minimum Gasteiger partial charge on any atom is -0.358 e. The molecule has 0 saturated carbocycles. The molecule has 0 spiro atoms. The molecule has 1 aromatic heterocycles. The maximum Gasteiger partial charge on any atom is 0.175 e. The van der Waals surface area contributed by atoms with Crippen molar-refractivity contribution in [2.24, 2.45) is 0 Å². The molecule has 1 unspecified atom stereocenters. The monoisotopic (exact) mass is 355 g/mol. The number of aromatic amines is 1. The van der Waals surface area contributed by atoms with Gasteiger partial charge in [0.05, 0.1) is 4.90 Å². The molecule has 2 aromatic carbocycles. The number of para-hydroxylation sites is 1. The molecule has 0 radical (unpaired) electrons. The molecule has 132 valence electrons. The summed E-state index contributed by atoms with van der Waals surface area (Å²) in [5.41, 5.74) is 4.93. The Labute approximate surface area is 150 Å². The van der Waals surface area contributed by atoms with Crippen molar-refractivity contribution in [3.63, 3.8) is 0 Å². The van der Waals surface area contributed by atoms with Gasteiger partial charge in [-0.1, -0.05) is 51.1 Å². The Morgan fingerprint density at radius 3 is 2.28 bits per heavy atom. The molecule has 1 N–H and O–H groups in total. The molecule has 1 atom stereocenters. The number of fused-ring (bicyclic) bond motifs is 1. The molecule has 0 saturated heterocycles. The Kier molecular flexibility index (Phi) is 4.74. The lowest BCUT2D eigenvalue weighted by atomic mass is 9.96. The zero-order chi connectivity index (χ0) is 18.2. The summed E-state index contributed by atoms with van der Waals surface area (Å²) in [6, 6.07) is 15.9. The van der Waals surface area contributed by atoms with Crippen molar-refractivity contribution >= 4 is 20.7 Å². The largest absolute Gasteiger partial charge is 0.358 e. The molecule has 3 nitrogen and oxygen atoms in total. The zero-order valence-corrected chi connectivity index (χ0v) is 16.0. The quantitative estimate of drug-likeness (QED) is 0.697. The van der Waals surface area contributed by atoms with Gasteiger partial charge in [0.1, 0.15) is 0 Å². The van der Waals surface area contributed by atoms with E-state index in [0.29, 0.717) is 16.7 Å². The zero-order valence-electron chi connectivity index (χ0n) is 15.2. The van der Waals surface area contributed by atoms with Crippen molar-refractivity contribution < 1.29 is 8.42 Å². The molecule has 0 aliphatic carbocycles. The molecular weight excluding hydrogens is 330 g/mol. The van der Waals surface area contributed by atoms with Crippen LogP contribution >= 0.6 is 0 Å². The summed E-state index contributed by atoms with van der Waals surface area (Å²) in [4.78, 5) is 3.96. The topological polar surface area (TPSA) is 49.9 Å². The van der Waals surface area contributed by atoms with E-state index in [-0.39, 0.29) is 0 Å². The van der Waals surface area contributed by atoms with Gasteiger partial charge in [-0.2, -0.15) is 0 Å². The fourth-order valence-corrected chi connectivity index (χ4v) is 3.95. The van der Waals surface area contributed by atoms with Gasteiger partial charge in [-0.3, -0.25) is 0 Å². The Morgan fingerprint density at radius 2 is 1.68 bits per heavy atom. The highest BCUT2D eigenvalue weighted by atomic mass is 32.2. The number of rotatable bonds is 5. The van der Waals surface area contributed by atoms with Crippen LogP contribution in [0.2, 0.25) is 0 Å². The van der Waals surface area contributed by atoms with Crippen molar-refractivity contribution in [3.8, 4) is 0 Å². The predicted molar refractivity (Wildman–Crippen MR) is 104 cm³/mol. The van der Waals surface area contributed by atoms with E-state index in [4.69, 9.17) is 0 Å². The highest BCUT2D eigenvalue weighted by Gasteiger charge is 2.13. The second kappa shape index (κ2) is 6.68. The molecule has 0 amide bonds. The molecule has 0 aliphatic rings. The highest BCUT2D eigenvalue weighted by molar-refractivity contribution is 7.90. The van der Waals surface area contributed by atoms with Gasteiger partial charge in [0.25, 0.3) is 0 Å². The Balaban J connectivity index is 1.84. The van der Waals surface area contributed by atoms with E-state index in [0.717, 1.165) is 12.0 Å². The number of hydrogen-bond donors (Lipinski definition) is 1. The Hall–Kier alpha value is -2.07. The number of hydrogen-bond acceptors (Lipinski definition) is 2. The van der Waals surface area contributed by atoms with E-state index < -0.39 is 9.84 Å². The van der Waals surface area contributed by atoms with Crippen molar-refractivity contribution in [2.45, 2.75) is 43.9 Å². The highest BCUT2D eigenvalue weighted by Crippen LogP contribution is 2.28. The van der Waals surface area contributed by atoms with Crippen molar-refractivity contribution in [1.82, 2.24) is 4.98 Å². The van der Waals surface area contributed by atoms with Gasteiger partial charge < -0.3 is 4.98 Å². The predicted octanol–water partition coefficient (Wildman–Crippen LogP) is 5.04. The summed E-state index contributed by atoms with van der Waals surface area (Å²) in [6.07, 6.45) is 2.13. The molecule has 1 heterocycles. The number of sulfone groups is 1. The maximum atomic E-state index is 11.6. The van der Waals surface area contributed by atoms with Crippen molar-refractivity contribution in [2.75, 3.05) is 6.26 Å². The number of aromatic nitrogens is 1. The minimum atomic E-state index is -3.14. The van der Waals surface area contributed by atoms with Crippen LogP contribution in [0.15, 0.2) is 53.4 Å². The van der Waals surface area contributed by atoms with Gasteiger partial charge in [0.15, 0.2) is 9.84 Å². The maximum absolute atomic E-state index is 11.6. The van der Waals surface area contributed by atoms with Gasteiger partial charge in [-0.15, -0.1) is 0 Å². The fourth-order valence-electron chi connectivity index (χ4n) is 3.32. The first-order chi connectivity index (χ1) is 11.8. The SMILES string of the molecule is CC(C)c1cccc2cc(CC(C)c3ccc(S(C)(=O)=O)cc3)[nH]c12. The van der Waals surface area contributed by atoms with Gasteiger partial charge >= 0.3 is 0 Å². The lowest BCUT2D eigenvalue weighted by molar-refractivity contribution is 0.601. The van der Waals surface area contributed by atoms with Crippen LogP contribution in [-0.4, -0.2) is 19.7 Å². The van der Waals surface area contributed by atoms with E-state index in [1.165, 1.54) is 28.4 Å². The number of nitrogens with one attached hydrogen (secondary N) is 1. The van der Waals surface area contributed by atoms with Crippen LogP contribution in [0, 0.1) is 0 Å². The standard InChI is InChI=1S/C21H25NO2S/c1-14(2)20-7-5-6-17-13-18(22-21(17)20)12-15(3)16-8-10-19(11-9-16)25(4,23)24/h5-11,13-15,22H,12H2,1-4H3. The van der Waals surface area contributed by atoms with Crippen LogP contribution in [0.1, 0.15) is 49.4 Å². The van der Waals surface area contributed by atoms with Crippen LogP contribution in [0.3, 0.4) is 0 Å². The Bertz CT molecular complexity index is 982. The van der Waals surface area contributed by atoms with E-state index in [2.05, 4.69) is 50.0 Å². The fraction of sp³-hybridized carbons (Fsp3) is 0.333. The van der Waals surface area contributed by atoms with Crippen molar-refractivity contribution in [3.05, 3.63) is 65.4 Å². The minimum absolute atomic E-state index is 0.309. The lowest BCUT2D eigenvalue weighted by Crippen LogP contribution is -2.01. The third-order valence-electron chi connectivity index (χ3n) is 4.77. The summed E-state index contributed by atoms with van der Waals surface area (Å²) in [5, 5.41) is 1.25. The van der Waals surface area contributed by atoms with Crippen LogP contribution in [0.4, 0.5) is 0 Å². The second-order valence-electron chi connectivity index (χ2n) is 7.21. The second-order valence-corrected chi connectivity index (χ2v) is 9.22. The third kappa shape index (κ3) is 3.79. The molecule has 0 aliphatic heterocycles. The van der Waals surface area contributed by atoms with Gasteiger partial charge in [-0.05, 0) is 53.0 Å². The van der Waals surface area contributed by atoms with E-state index in [1.807, 2.05) is 12.1 Å². The molecular formula is C21H25NO2S. The summed E-state index contributed by atoms with van der Waals surface area (Å²) >= 11 is 0. The summed E-state index contributed by atoms with van der Waals surface area (Å²) < 4.78 is 23.2. The third-order valence-corrected chi connectivity index (χ3v) is 5.90. The summed E-state index contributed by atoms with van der Waals surface area (Å²) in [7, 11) is -3.14. The van der Waals surface area contributed by atoms with Crippen LogP contribution in [0.25, 0.3) is 10.9 Å². The van der Waals surface area contributed by atoms with Crippen LogP contribution in [0.5, 0.6) is 0 Å². The number of benzene rings is 2. The molecule has 3 rings (SSSR count). The lowest BCUT2D eigenvalue weighted by Gasteiger charge is -2.11.